The lowest BCUT2D eigenvalue weighted by Crippen LogP contribution is -2.30. The third-order valence-corrected chi connectivity index (χ3v) is 3.17. The van der Waals surface area contributed by atoms with Gasteiger partial charge in [0.1, 0.15) is 0 Å². The van der Waals surface area contributed by atoms with Crippen LogP contribution >= 0.6 is 0 Å². The van der Waals surface area contributed by atoms with Gasteiger partial charge in [-0.2, -0.15) is 0 Å². The van der Waals surface area contributed by atoms with Crippen LogP contribution < -0.4 is 19.5 Å². The number of morpholine rings is 1. The summed E-state index contributed by atoms with van der Waals surface area (Å²) in [5, 5.41) is 11.6. The smallest absolute Gasteiger partial charge is 0.328 e. The third-order valence-electron chi connectivity index (χ3n) is 3.17. The Morgan fingerprint density at radius 2 is 1.60 bits per heavy atom. The number of hydrogen-bond acceptors (Lipinski definition) is 7. The van der Waals surface area contributed by atoms with Crippen LogP contribution in [0.25, 0.3) is 0 Å². The van der Waals surface area contributed by atoms with Crippen molar-refractivity contribution in [1.82, 2.24) is 5.32 Å². The van der Waals surface area contributed by atoms with Crippen LogP contribution in [0.15, 0.2) is 24.3 Å². The average Bonchev–Trinajstić information content (AvgIpc) is 2.66. The molecule has 1 heterocycles. The van der Waals surface area contributed by atoms with Crippen LogP contribution in [0.4, 0.5) is 0 Å². The summed E-state index contributed by atoms with van der Waals surface area (Å²) in [6, 6.07) is 2.91. The summed E-state index contributed by atoms with van der Waals surface area (Å²) in [6.07, 6.45) is 1.73. The summed E-state index contributed by atoms with van der Waals surface area (Å²) >= 11 is 0. The molecule has 0 bridgehead atoms. The van der Waals surface area contributed by atoms with E-state index in [4.69, 9.17) is 24.1 Å². The van der Waals surface area contributed by atoms with Gasteiger partial charge in [-0.05, 0) is 18.2 Å². The molecule has 138 valence electrons. The second-order valence-electron chi connectivity index (χ2n) is 4.81. The molecule has 1 aromatic rings. The first-order valence-electron chi connectivity index (χ1n) is 7.57. The van der Waals surface area contributed by atoms with Crippen molar-refractivity contribution in [1.29, 1.82) is 0 Å². The molecule has 0 amide bonds. The number of aliphatic carboxylic acids is 1. The number of methoxy groups -OCH3 is 3. The first kappa shape index (κ1) is 20.5. The lowest BCUT2D eigenvalue weighted by Gasteiger charge is -2.13. The van der Waals surface area contributed by atoms with Crippen molar-refractivity contribution < 1.29 is 33.6 Å². The SMILES string of the molecule is C1COCCN1.COc1cc(C(=O)/C=C/C(=O)O)cc(OC)c1OC. The topological polar surface area (TPSA) is 103 Å². The minimum Gasteiger partial charge on any atom is -0.493 e. The zero-order valence-electron chi connectivity index (χ0n) is 14.5. The zero-order valence-corrected chi connectivity index (χ0v) is 14.5. The number of carboxylic acid groups (broad SMARTS) is 1. The number of ketones is 1. The lowest BCUT2D eigenvalue weighted by atomic mass is 10.1. The van der Waals surface area contributed by atoms with E-state index in [9.17, 15) is 9.59 Å². The molecule has 0 aliphatic carbocycles. The van der Waals surface area contributed by atoms with Crippen molar-refractivity contribution in [2.75, 3.05) is 47.6 Å². The summed E-state index contributed by atoms with van der Waals surface area (Å²) in [6.45, 7) is 3.83. The van der Waals surface area contributed by atoms with Crippen LogP contribution in [-0.2, 0) is 9.53 Å². The number of ether oxygens (including phenoxy) is 4. The van der Waals surface area contributed by atoms with Gasteiger partial charge in [0, 0.05) is 24.7 Å². The number of hydrogen-bond donors (Lipinski definition) is 2. The molecule has 8 nitrogen and oxygen atoms in total. The number of carbonyl (C=O) groups is 2. The summed E-state index contributed by atoms with van der Waals surface area (Å²) in [4.78, 5) is 22.2. The van der Waals surface area contributed by atoms with Crippen molar-refractivity contribution in [2.24, 2.45) is 0 Å². The van der Waals surface area contributed by atoms with E-state index in [2.05, 4.69) is 5.32 Å². The maximum atomic E-state index is 11.8. The Hall–Kier alpha value is -2.58. The van der Waals surface area contributed by atoms with Gasteiger partial charge in [0.2, 0.25) is 5.75 Å². The Bertz CT molecular complexity index is 572. The second-order valence-corrected chi connectivity index (χ2v) is 4.81. The molecule has 2 rings (SSSR count). The van der Waals surface area contributed by atoms with Crippen LogP contribution in [0.2, 0.25) is 0 Å². The predicted octanol–water partition coefficient (Wildman–Crippen LogP) is 1.14. The van der Waals surface area contributed by atoms with E-state index < -0.39 is 11.8 Å². The molecule has 0 aromatic heterocycles. The number of nitrogens with one attached hydrogen (secondary N) is 1. The summed E-state index contributed by atoms with van der Waals surface area (Å²) in [7, 11) is 4.31. The molecular formula is C17H23NO7. The first-order chi connectivity index (χ1) is 12.0. The molecule has 0 radical (unpaired) electrons. The summed E-state index contributed by atoms with van der Waals surface area (Å²) in [5.74, 6) is -0.644. The molecule has 0 unspecified atom stereocenters. The van der Waals surface area contributed by atoms with Gasteiger partial charge in [-0.25, -0.2) is 4.79 Å². The molecule has 0 atom stereocenters. The van der Waals surface area contributed by atoms with Crippen LogP contribution in [0.3, 0.4) is 0 Å². The molecule has 1 saturated heterocycles. The van der Waals surface area contributed by atoms with E-state index in [1.54, 1.807) is 0 Å². The van der Waals surface area contributed by atoms with E-state index in [1.807, 2.05) is 0 Å². The van der Waals surface area contributed by atoms with Crippen molar-refractivity contribution >= 4 is 11.8 Å². The highest BCUT2D eigenvalue weighted by molar-refractivity contribution is 6.07. The molecule has 8 heteroatoms. The van der Waals surface area contributed by atoms with Gasteiger partial charge in [-0.1, -0.05) is 0 Å². The predicted molar refractivity (Wildman–Crippen MR) is 90.9 cm³/mol. The molecule has 1 aliphatic rings. The van der Waals surface area contributed by atoms with Gasteiger partial charge in [0.25, 0.3) is 0 Å². The molecule has 1 aromatic carbocycles. The van der Waals surface area contributed by atoms with Gasteiger partial charge < -0.3 is 29.4 Å². The zero-order chi connectivity index (χ0) is 18.7. The highest BCUT2D eigenvalue weighted by Gasteiger charge is 2.15. The fraction of sp³-hybridized carbons (Fsp3) is 0.412. The van der Waals surface area contributed by atoms with E-state index in [-0.39, 0.29) is 5.56 Å². The number of carbonyl (C=O) groups excluding carboxylic acids is 1. The van der Waals surface area contributed by atoms with Gasteiger partial charge in [-0.3, -0.25) is 4.79 Å². The Morgan fingerprint density at radius 3 is 1.92 bits per heavy atom. The molecule has 0 spiro atoms. The van der Waals surface area contributed by atoms with Crippen LogP contribution in [0, 0.1) is 0 Å². The summed E-state index contributed by atoms with van der Waals surface area (Å²) < 4.78 is 20.3. The first-order valence-corrected chi connectivity index (χ1v) is 7.57. The minimum absolute atomic E-state index is 0.243. The Balaban J connectivity index is 0.000000435. The molecule has 2 N–H and O–H groups in total. The third kappa shape index (κ3) is 6.82. The van der Waals surface area contributed by atoms with E-state index in [0.717, 1.165) is 38.5 Å². The molecule has 25 heavy (non-hydrogen) atoms. The fourth-order valence-corrected chi connectivity index (χ4v) is 1.98. The highest BCUT2D eigenvalue weighted by atomic mass is 16.5. The minimum atomic E-state index is -1.19. The highest BCUT2D eigenvalue weighted by Crippen LogP contribution is 2.38. The van der Waals surface area contributed by atoms with Crippen molar-refractivity contribution in [3.05, 3.63) is 29.8 Å². The van der Waals surface area contributed by atoms with Crippen molar-refractivity contribution in [3.63, 3.8) is 0 Å². The quantitative estimate of drug-likeness (QED) is 0.580. The van der Waals surface area contributed by atoms with E-state index in [0.29, 0.717) is 17.2 Å². The van der Waals surface area contributed by atoms with E-state index in [1.165, 1.54) is 33.5 Å². The average molecular weight is 353 g/mol. The standard InChI is InChI=1S/C13H14O6.C4H9NO/c1-17-10-6-8(9(14)4-5-12(15)16)7-11(18-2)13(10)19-3;1-3-6-4-2-5-1/h4-7H,1-3H3,(H,15,16);5H,1-4H2/b5-4+;. The Labute approximate surface area is 146 Å². The molecule has 1 aliphatic heterocycles. The van der Waals surface area contributed by atoms with Gasteiger partial charge in [0.05, 0.1) is 34.5 Å². The van der Waals surface area contributed by atoms with Gasteiger partial charge >= 0.3 is 5.97 Å². The largest absolute Gasteiger partial charge is 0.493 e. The van der Waals surface area contributed by atoms with Crippen molar-refractivity contribution in [3.8, 4) is 17.2 Å². The lowest BCUT2D eigenvalue weighted by molar-refractivity contribution is -0.131. The molecular weight excluding hydrogens is 330 g/mol. The fourth-order valence-electron chi connectivity index (χ4n) is 1.98. The number of allylic oxidation sites excluding steroid dienone is 1. The number of rotatable bonds is 6. The molecule has 1 fully saturated rings. The second kappa shape index (κ2) is 11.1. The molecule has 0 saturated carbocycles. The van der Waals surface area contributed by atoms with Crippen LogP contribution in [0.1, 0.15) is 10.4 Å². The maximum absolute atomic E-state index is 11.8. The Kier molecular flexibility index (Phi) is 9.05. The summed E-state index contributed by atoms with van der Waals surface area (Å²) in [5.41, 5.74) is 0.243. The monoisotopic (exact) mass is 353 g/mol. The normalized spacial score (nSPS) is 13.6. The Morgan fingerprint density at radius 1 is 1.04 bits per heavy atom. The maximum Gasteiger partial charge on any atom is 0.328 e. The van der Waals surface area contributed by atoms with Gasteiger partial charge in [-0.15, -0.1) is 0 Å². The van der Waals surface area contributed by atoms with Crippen LogP contribution in [-0.4, -0.2) is 64.5 Å². The van der Waals surface area contributed by atoms with E-state index >= 15 is 0 Å². The number of benzene rings is 1. The number of carboxylic acids is 1. The van der Waals surface area contributed by atoms with Gasteiger partial charge in [0.15, 0.2) is 17.3 Å². The van der Waals surface area contributed by atoms with Crippen LogP contribution in [0.5, 0.6) is 17.2 Å². The van der Waals surface area contributed by atoms with Crippen molar-refractivity contribution in [2.45, 2.75) is 0 Å².